The summed E-state index contributed by atoms with van der Waals surface area (Å²) in [6.07, 6.45) is 5.47. The van der Waals surface area contributed by atoms with Gasteiger partial charge in [-0.2, -0.15) is 4.98 Å². The van der Waals surface area contributed by atoms with Gasteiger partial charge >= 0.3 is 5.69 Å². The van der Waals surface area contributed by atoms with Gasteiger partial charge in [0, 0.05) is 12.1 Å². The van der Waals surface area contributed by atoms with E-state index in [9.17, 15) is 4.79 Å². The molecular weight excluding hydrogens is 328 g/mol. The number of benzene rings is 1. The molecule has 0 unspecified atom stereocenters. The summed E-state index contributed by atoms with van der Waals surface area (Å²) in [5.41, 5.74) is 7.82. The second-order valence-electron chi connectivity index (χ2n) is 8.40. The number of hydrogen-bond donors (Lipinski definition) is 2. The molecule has 6 heteroatoms. The Morgan fingerprint density at radius 1 is 1.19 bits per heavy atom. The van der Waals surface area contributed by atoms with Gasteiger partial charge in [-0.25, -0.2) is 4.79 Å². The second kappa shape index (κ2) is 6.13. The van der Waals surface area contributed by atoms with E-state index in [4.69, 9.17) is 10.5 Å². The highest BCUT2D eigenvalue weighted by Gasteiger charge is 2.26. The zero-order valence-corrected chi connectivity index (χ0v) is 15.6. The van der Waals surface area contributed by atoms with Gasteiger partial charge in [0.15, 0.2) is 17.3 Å². The fourth-order valence-corrected chi connectivity index (χ4v) is 3.69. The molecule has 1 aromatic heterocycles. The third-order valence-corrected chi connectivity index (χ3v) is 5.37. The van der Waals surface area contributed by atoms with E-state index < -0.39 is 0 Å². The molecule has 0 amide bonds. The maximum atomic E-state index is 12.5. The topological polar surface area (TPSA) is 82.2 Å². The zero-order chi connectivity index (χ0) is 18.5. The van der Waals surface area contributed by atoms with Crippen LogP contribution >= 0.6 is 0 Å². The van der Waals surface area contributed by atoms with Crippen LogP contribution in [0.3, 0.4) is 0 Å². The molecule has 26 heavy (non-hydrogen) atoms. The average molecular weight is 354 g/mol. The third kappa shape index (κ3) is 3.09. The number of nitrogens with one attached hydrogen (secondary N) is 1. The van der Waals surface area contributed by atoms with Crippen LogP contribution in [0.5, 0.6) is 11.5 Å². The number of anilines is 2. The van der Waals surface area contributed by atoms with Crippen molar-refractivity contribution in [3.63, 3.8) is 0 Å². The van der Waals surface area contributed by atoms with Crippen molar-refractivity contribution in [3.8, 4) is 11.5 Å². The number of nitrogens with zero attached hydrogens (tertiary/aromatic N) is 2. The Bertz CT molecular complexity index is 890. The SMILES string of the molecule is CC(C)(C)c1ccc2c(c1)Nc1nc(=O)n([C@H]3CC[C@H](N)CC3)cc1O2. The Labute approximate surface area is 153 Å². The molecule has 2 aliphatic rings. The van der Waals surface area contributed by atoms with E-state index in [-0.39, 0.29) is 23.2 Å². The second-order valence-corrected chi connectivity index (χ2v) is 8.40. The van der Waals surface area contributed by atoms with Crippen LogP contribution in [0.1, 0.15) is 58.1 Å². The Morgan fingerprint density at radius 3 is 2.62 bits per heavy atom. The van der Waals surface area contributed by atoms with Gasteiger partial charge in [0.2, 0.25) is 0 Å². The van der Waals surface area contributed by atoms with E-state index in [2.05, 4.69) is 43.2 Å². The molecule has 0 radical (unpaired) electrons. The Balaban J connectivity index is 1.65. The van der Waals surface area contributed by atoms with E-state index in [1.807, 2.05) is 6.07 Å². The number of rotatable bonds is 1. The fourth-order valence-electron chi connectivity index (χ4n) is 3.69. The summed E-state index contributed by atoms with van der Waals surface area (Å²) in [6.45, 7) is 6.50. The summed E-state index contributed by atoms with van der Waals surface area (Å²) in [4.78, 5) is 16.8. The fraction of sp³-hybridized carbons (Fsp3) is 0.500. The summed E-state index contributed by atoms with van der Waals surface area (Å²) in [7, 11) is 0. The number of nitrogens with two attached hydrogens (primary N) is 1. The number of aromatic nitrogens is 2. The smallest absolute Gasteiger partial charge is 0.350 e. The maximum absolute atomic E-state index is 12.5. The van der Waals surface area contributed by atoms with Gasteiger partial charge in [-0.1, -0.05) is 26.8 Å². The number of ether oxygens (including phenoxy) is 1. The van der Waals surface area contributed by atoms with Crippen LogP contribution < -0.4 is 21.5 Å². The normalized spacial score (nSPS) is 22.0. The van der Waals surface area contributed by atoms with Gasteiger partial charge in [0.05, 0.1) is 11.9 Å². The minimum Gasteiger partial charge on any atom is -0.450 e. The molecular formula is C20H26N4O2. The van der Waals surface area contributed by atoms with Crippen molar-refractivity contribution in [2.24, 2.45) is 5.73 Å². The standard InChI is InChI=1S/C20H26N4O2/c1-20(2,3)12-4-9-16-15(10-12)22-18-17(26-16)11-24(19(25)23-18)14-7-5-13(21)6-8-14/h4,9-11,13-14H,5-8,21H2,1-3H3,(H,22,23,25)/t13-,14-. The Morgan fingerprint density at radius 2 is 1.92 bits per heavy atom. The van der Waals surface area contributed by atoms with Gasteiger partial charge < -0.3 is 15.8 Å². The van der Waals surface area contributed by atoms with Gasteiger partial charge in [0.1, 0.15) is 0 Å². The van der Waals surface area contributed by atoms with Crippen LogP contribution in [-0.4, -0.2) is 15.6 Å². The molecule has 0 bridgehead atoms. The number of fused-ring (bicyclic) bond motifs is 2. The lowest BCUT2D eigenvalue weighted by molar-refractivity contribution is 0.312. The Kier molecular flexibility index (Phi) is 4.03. The van der Waals surface area contributed by atoms with Crippen LogP contribution in [-0.2, 0) is 5.41 Å². The third-order valence-electron chi connectivity index (χ3n) is 5.37. The van der Waals surface area contributed by atoms with Crippen LogP contribution in [0.2, 0.25) is 0 Å². The molecule has 2 aromatic rings. The predicted octanol–water partition coefficient (Wildman–Crippen LogP) is 3.83. The van der Waals surface area contributed by atoms with Crippen LogP contribution in [0.25, 0.3) is 0 Å². The lowest BCUT2D eigenvalue weighted by atomic mass is 9.86. The molecule has 0 saturated heterocycles. The molecule has 1 fully saturated rings. The van der Waals surface area contributed by atoms with Crippen molar-refractivity contribution in [1.82, 2.24) is 9.55 Å². The quantitative estimate of drug-likeness (QED) is 0.694. The first kappa shape index (κ1) is 17.1. The molecule has 2 heterocycles. The summed E-state index contributed by atoms with van der Waals surface area (Å²) in [5.74, 6) is 1.83. The number of hydrogen-bond acceptors (Lipinski definition) is 5. The van der Waals surface area contributed by atoms with Gasteiger partial charge in [-0.15, -0.1) is 0 Å². The van der Waals surface area contributed by atoms with E-state index in [1.54, 1.807) is 10.8 Å². The largest absolute Gasteiger partial charge is 0.450 e. The predicted molar refractivity (Wildman–Crippen MR) is 102 cm³/mol. The van der Waals surface area contributed by atoms with E-state index in [0.717, 1.165) is 37.1 Å². The van der Waals surface area contributed by atoms with Crippen LogP contribution in [0, 0.1) is 0 Å². The van der Waals surface area contributed by atoms with E-state index >= 15 is 0 Å². The minimum atomic E-state index is -0.240. The highest BCUT2D eigenvalue weighted by atomic mass is 16.5. The average Bonchev–Trinajstić information content (AvgIpc) is 2.59. The summed E-state index contributed by atoms with van der Waals surface area (Å²) < 4.78 is 7.75. The van der Waals surface area contributed by atoms with Crippen molar-refractivity contribution in [1.29, 1.82) is 0 Å². The molecule has 138 valence electrons. The molecule has 0 spiro atoms. The summed E-state index contributed by atoms with van der Waals surface area (Å²) in [5, 5.41) is 3.26. The van der Waals surface area contributed by atoms with Crippen LogP contribution in [0.15, 0.2) is 29.2 Å². The zero-order valence-electron chi connectivity index (χ0n) is 15.6. The molecule has 6 nitrogen and oxygen atoms in total. The lowest BCUT2D eigenvalue weighted by Gasteiger charge is -2.29. The van der Waals surface area contributed by atoms with Gasteiger partial charge in [0.25, 0.3) is 0 Å². The summed E-state index contributed by atoms with van der Waals surface area (Å²) in [6, 6.07) is 6.51. The first-order valence-corrected chi connectivity index (χ1v) is 9.29. The van der Waals surface area contributed by atoms with Gasteiger partial charge in [-0.05, 0) is 48.8 Å². The van der Waals surface area contributed by atoms with Crippen molar-refractivity contribution in [3.05, 3.63) is 40.4 Å². The van der Waals surface area contributed by atoms with Crippen molar-refractivity contribution in [2.45, 2.75) is 64.0 Å². The molecule has 4 rings (SSSR count). The molecule has 1 aliphatic carbocycles. The maximum Gasteiger partial charge on any atom is 0.350 e. The van der Waals surface area contributed by atoms with Crippen molar-refractivity contribution in [2.75, 3.05) is 5.32 Å². The molecule has 0 atom stereocenters. The molecule has 1 aliphatic heterocycles. The molecule has 3 N–H and O–H groups in total. The van der Waals surface area contributed by atoms with Gasteiger partial charge in [-0.3, -0.25) is 4.57 Å². The first-order valence-electron chi connectivity index (χ1n) is 9.29. The van der Waals surface area contributed by atoms with Crippen molar-refractivity contribution < 1.29 is 4.74 Å². The monoisotopic (exact) mass is 354 g/mol. The van der Waals surface area contributed by atoms with E-state index in [0.29, 0.717) is 11.6 Å². The Hall–Kier alpha value is -2.34. The highest BCUT2D eigenvalue weighted by molar-refractivity contribution is 5.73. The minimum absolute atomic E-state index is 0.0374. The highest BCUT2D eigenvalue weighted by Crippen LogP contribution is 2.42. The first-order chi connectivity index (χ1) is 12.3. The van der Waals surface area contributed by atoms with Crippen molar-refractivity contribution >= 4 is 11.5 Å². The van der Waals surface area contributed by atoms with E-state index in [1.165, 1.54) is 5.56 Å². The molecule has 1 saturated carbocycles. The van der Waals surface area contributed by atoms with Crippen LogP contribution in [0.4, 0.5) is 11.5 Å². The lowest BCUT2D eigenvalue weighted by Crippen LogP contribution is -2.33. The molecule has 1 aromatic carbocycles. The summed E-state index contributed by atoms with van der Waals surface area (Å²) >= 11 is 0.